The van der Waals surface area contributed by atoms with E-state index in [0.717, 1.165) is 44.1 Å². The molecule has 1 aliphatic heterocycles. The van der Waals surface area contributed by atoms with E-state index in [1.807, 2.05) is 12.1 Å². The minimum absolute atomic E-state index is 0.787. The molecule has 0 spiro atoms. The van der Waals surface area contributed by atoms with Gasteiger partial charge in [0.25, 0.3) is 0 Å². The van der Waals surface area contributed by atoms with E-state index < -0.39 is 0 Å². The smallest absolute Gasteiger partial charge is 0.151 e. The second kappa shape index (κ2) is 4.72. The topological polar surface area (TPSA) is 60.1 Å². The molecule has 2 rings (SSSR count). The first-order valence-electron chi connectivity index (χ1n) is 5.89. The SMILES string of the molecule is CCN1CCN(c2ccc([NH3+])c(N)c2)CC1. The number of hydrogen-bond donors (Lipinski definition) is 2. The summed E-state index contributed by atoms with van der Waals surface area (Å²) in [6.45, 7) is 7.82. The van der Waals surface area contributed by atoms with Crippen molar-refractivity contribution in [3.63, 3.8) is 0 Å². The zero-order chi connectivity index (χ0) is 11.5. The Labute approximate surface area is 96.8 Å². The van der Waals surface area contributed by atoms with Crippen LogP contribution in [0.3, 0.4) is 0 Å². The van der Waals surface area contributed by atoms with Crippen molar-refractivity contribution in [3.05, 3.63) is 18.2 Å². The Kier molecular flexibility index (Phi) is 3.31. The second-order valence-electron chi connectivity index (χ2n) is 4.30. The van der Waals surface area contributed by atoms with Crippen molar-refractivity contribution in [3.8, 4) is 0 Å². The van der Waals surface area contributed by atoms with Crippen LogP contribution in [-0.2, 0) is 0 Å². The lowest BCUT2D eigenvalue weighted by atomic mass is 10.2. The van der Waals surface area contributed by atoms with Crippen LogP contribution < -0.4 is 16.4 Å². The minimum Gasteiger partial charge on any atom is -0.394 e. The molecular formula is C12H21N4+. The van der Waals surface area contributed by atoms with Crippen molar-refractivity contribution in [1.29, 1.82) is 0 Å². The number of piperazine rings is 1. The van der Waals surface area contributed by atoms with Gasteiger partial charge in [-0.2, -0.15) is 0 Å². The quantitative estimate of drug-likeness (QED) is 0.705. The Morgan fingerprint density at radius 2 is 1.94 bits per heavy atom. The van der Waals surface area contributed by atoms with Crippen LogP contribution in [0.1, 0.15) is 6.92 Å². The lowest BCUT2D eigenvalue weighted by Crippen LogP contribution is -2.46. The van der Waals surface area contributed by atoms with E-state index >= 15 is 0 Å². The summed E-state index contributed by atoms with van der Waals surface area (Å²) in [5.41, 5.74) is 12.7. The van der Waals surface area contributed by atoms with Crippen molar-refractivity contribution in [2.75, 3.05) is 43.4 Å². The Bertz CT molecular complexity index is 356. The Hall–Kier alpha value is -1.26. The summed E-state index contributed by atoms with van der Waals surface area (Å²) in [7, 11) is 0. The maximum atomic E-state index is 5.88. The maximum absolute atomic E-state index is 5.88. The molecule has 0 radical (unpaired) electrons. The van der Waals surface area contributed by atoms with E-state index in [1.165, 1.54) is 5.69 Å². The summed E-state index contributed by atoms with van der Waals surface area (Å²) in [6, 6.07) is 6.14. The predicted molar refractivity (Wildman–Crippen MR) is 67.7 cm³/mol. The first kappa shape index (κ1) is 11.2. The van der Waals surface area contributed by atoms with Crippen LogP contribution in [0.2, 0.25) is 0 Å². The molecule has 1 aliphatic rings. The van der Waals surface area contributed by atoms with E-state index in [9.17, 15) is 0 Å². The number of quaternary nitrogens is 1. The number of benzene rings is 1. The van der Waals surface area contributed by atoms with Crippen molar-refractivity contribution in [1.82, 2.24) is 4.90 Å². The fraction of sp³-hybridized carbons (Fsp3) is 0.500. The molecule has 0 aliphatic carbocycles. The summed E-state index contributed by atoms with van der Waals surface area (Å²) < 4.78 is 0. The molecule has 1 saturated heterocycles. The van der Waals surface area contributed by atoms with Gasteiger partial charge in [-0.1, -0.05) is 6.92 Å². The van der Waals surface area contributed by atoms with Crippen LogP contribution in [0.5, 0.6) is 0 Å². The number of nitrogens with two attached hydrogens (primary N) is 1. The minimum atomic E-state index is 0.787. The number of hydrogen-bond acceptors (Lipinski definition) is 3. The molecule has 0 amide bonds. The van der Waals surface area contributed by atoms with Crippen LogP contribution >= 0.6 is 0 Å². The van der Waals surface area contributed by atoms with Gasteiger partial charge >= 0.3 is 0 Å². The van der Waals surface area contributed by atoms with E-state index in [-0.39, 0.29) is 0 Å². The fourth-order valence-corrected chi connectivity index (χ4v) is 2.10. The molecule has 5 N–H and O–H groups in total. The third-order valence-electron chi connectivity index (χ3n) is 3.31. The van der Waals surface area contributed by atoms with Crippen LogP contribution in [-0.4, -0.2) is 37.6 Å². The van der Waals surface area contributed by atoms with Crippen LogP contribution in [0.25, 0.3) is 0 Å². The van der Waals surface area contributed by atoms with Gasteiger partial charge in [0.2, 0.25) is 0 Å². The van der Waals surface area contributed by atoms with Crippen LogP contribution in [0, 0.1) is 0 Å². The van der Waals surface area contributed by atoms with E-state index in [2.05, 4.69) is 28.5 Å². The lowest BCUT2D eigenvalue weighted by molar-refractivity contribution is -0.253. The maximum Gasteiger partial charge on any atom is 0.151 e. The zero-order valence-electron chi connectivity index (χ0n) is 9.95. The highest BCUT2D eigenvalue weighted by atomic mass is 15.3. The summed E-state index contributed by atoms with van der Waals surface area (Å²) in [6.07, 6.45) is 0. The molecule has 1 aromatic rings. The normalized spacial score (nSPS) is 17.8. The van der Waals surface area contributed by atoms with E-state index in [4.69, 9.17) is 5.73 Å². The lowest BCUT2D eigenvalue weighted by Gasteiger charge is -2.35. The first-order chi connectivity index (χ1) is 7.70. The number of likely N-dealkylation sites (N-methyl/N-ethyl adjacent to an activating group) is 1. The van der Waals surface area contributed by atoms with Crippen molar-refractivity contribution >= 4 is 17.1 Å². The molecule has 4 nitrogen and oxygen atoms in total. The third kappa shape index (κ3) is 2.28. The number of rotatable bonds is 2. The van der Waals surface area contributed by atoms with E-state index in [0.29, 0.717) is 0 Å². The predicted octanol–water partition coefficient (Wildman–Crippen LogP) is 0.284. The molecule has 88 valence electrons. The average Bonchev–Trinajstić information content (AvgIpc) is 2.33. The van der Waals surface area contributed by atoms with Crippen molar-refractivity contribution in [2.45, 2.75) is 6.92 Å². The molecule has 1 heterocycles. The van der Waals surface area contributed by atoms with Crippen molar-refractivity contribution in [2.24, 2.45) is 0 Å². The van der Waals surface area contributed by atoms with Crippen molar-refractivity contribution < 1.29 is 5.73 Å². The first-order valence-corrected chi connectivity index (χ1v) is 5.89. The molecule has 16 heavy (non-hydrogen) atoms. The number of nitrogens with zero attached hydrogens (tertiary/aromatic N) is 2. The molecule has 0 saturated carbocycles. The van der Waals surface area contributed by atoms with E-state index in [1.54, 1.807) is 0 Å². The van der Waals surface area contributed by atoms with Crippen LogP contribution in [0.4, 0.5) is 17.1 Å². The van der Waals surface area contributed by atoms with Gasteiger partial charge in [-0.05, 0) is 18.7 Å². The summed E-state index contributed by atoms with van der Waals surface area (Å²) in [5, 5.41) is 0. The third-order valence-corrected chi connectivity index (χ3v) is 3.31. The molecule has 0 atom stereocenters. The molecule has 1 fully saturated rings. The molecule has 0 bridgehead atoms. The highest BCUT2D eigenvalue weighted by Crippen LogP contribution is 2.22. The molecule has 1 aromatic carbocycles. The fourth-order valence-electron chi connectivity index (χ4n) is 2.10. The Balaban J connectivity index is 2.05. The standard InChI is InChI=1S/C12H20N4/c1-2-15-5-7-16(8-6-15)10-3-4-11(13)12(14)9-10/h3-4,9H,2,5-8,13-14H2,1H3/p+1. The summed E-state index contributed by atoms with van der Waals surface area (Å²) in [4.78, 5) is 4.86. The van der Waals surface area contributed by atoms with Gasteiger partial charge in [0.1, 0.15) is 0 Å². The monoisotopic (exact) mass is 221 g/mol. The van der Waals surface area contributed by atoms with Gasteiger partial charge in [0.15, 0.2) is 5.69 Å². The Morgan fingerprint density at radius 1 is 1.25 bits per heavy atom. The molecule has 4 heteroatoms. The Morgan fingerprint density at radius 3 is 2.50 bits per heavy atom. The summed E-state index contributed by atoms with van der Waals surface area (Å²) in [5.74, 6) is 0. The molecule has 0 unspecified atom stereocenters. The van der Waals surface area contributed by atoms with Gasteiger partial charge in [0.05, 0.1) is 5.69 Å². The zero-order valence-corrected chi connectivity index (χ0v) is 9.95. The van der Waals surface area contributed by atoms with Gasteiger partial charge in [0, 0.05) is 37.9 Å². The summed E-state index contributed by atoms with van der Waals surface area (Å²) >= 11 is 0. The number of anilines is 2. The largest absolute Gasteiger partial charge is 0.394 e. The van der Waals surface area contributed by atoms with Gasteiger partial charge < -0.3 is 21.3 Å². The van der Waals surface area contributed by atoms with Gasteiger partial charge in [-0.3, -0.25) is 0 Å². The van der Waals surface area contributed by atoms with Gasteiger partial charge in [-0.15, -0.1) is 0 Å². The average molecular weight is 221 g/mol. The van der Waals surface area contributed by atoms with Crippen LogP contribution in [0.15, 0.2) is 18.2 Å². The van der Waals surface area contributed by atoms with Gasteiger partial charge in [-0.25, -0.2) is 0 Å². The second-order valence-corrected chi connectivity index (χ2v) is 4.30. The highest BCUT2D eigenvalue weighted by Gasteiger charge is 2.16. The molecular weight excluding hydrogens is 200 g/mol. The molecule has 0 aromatic heterocycles. The number of nitrogen functional groups attached to an aromatic ring is 1. The highest BCUT2D eigenvalue weighted by molar-refractivity contribution is 5.66.